The lowest BCUT2D eigenvalue weighted by Gasteiger charge is -2.19. The van der Waals surface area contributed by atoms with Crippen LogP contribution in [0.1, 0.15) is 39.0 Å². The Morgan fingerprint density at radius 2 is 2.06 bits per heavy atom. The number of nitriles is 1. The SMILES string of the molecule is CCCCN(C)C(=O)CC(O)CC(O)CC#N. The summed E-state index contributed by atoms with van der Waals surface area (Å²) in [6.07, 6.45) is 0.274. The number of aliphatic hydroxyl groups excluding tert-OH is 2. The van der Waals surface area contributed by atoms with Crippen molar-refractivity contribution < 1.29 is 15.0 Å². The van der Waals surface area contributed by atoms with Gasteiger partial charge in [-0.05, 0) is 6.42 Å². The highest BCUT2D eigenvalue weighted by molar-refractivity contribution is 5.76. The van der Waals surface area contributed by atoms with Crippen molar-refractivity contribution in [3.05, 3.63) is 0 Å². The van der Waals surface area contributed by atoms with Crippen molar-refractivity contribution in [2.45, 2.75) is 51.2 Å². The topological polar surface area (TPSA) is 84.6 Å². The van der Waals surface area contributed by atoms with Gasteiger partial charge < -0.3 is 15.1 Å². The van der Waals surface area contributed by atoms with E-state index in [0.29, 0.717) is 6.54 Å². The molecule has 0 aromatic carbocycles. The van der Waals surface area contributed by atoms with Crippen molar-refractivity contribution in [2.75, 3.05) is 13.6 Å². The van der Waals surface area contributed by atoms with Gasteiger partial charge in [0.15, 0.2) is 0 Å². The van der Waals surface area contributed by atoms with Gasteiger partial charge in [-0.25, -0.2) is 0 Å². The summed E-state index contributed by atoms with van der Waals surface area (Å²) < 4.78 is 0. The number of amides is 1. The molecule has 0 bridgehead atoms. The van der Waals surface area contributed by atoms with E-state index >= 15 is 0 Å². The molecule has 0 rings (SSSR count). The van der Waals surface area contributed by atoms with E-state index in [4.69, 9.17) is 5.26 Å². The van der Waals surface area contributed by atoms with E-state index in [-0.39, 0.29) is 25.2 Å². The second-order valence-electron chi connectivity index (χ2n) is 4.28. The first-order chi connectivity index (χ1) is 8.01. The summed E-state index contributed by atoms with van der Waals surface area (Å²) >= 11 is 0. The van der Waals surface area contributed by atoms with E-state index in [2.05, 4.69) is 0 Å². The lowest BCUT2D eigenvalue weighted by Crippen LogP contribution is -2.31. The van der Waals surface area contributed by atoms with Crippen LogP contribution in [0.25, 0.3) is 0 Å². The number of unbranched alkanes of at least 4 members (excludes halogenated alkanes) is 1. The van der Waals surface area contributed by atoms with Crippen molar-refractivity contribution in [2.24, 2.45) is 0 Å². The Labute approximate surface area is 103 Å². The maximum atomic E-state index is 11.6. The van der Waals surface area contributed by atoms with Crippen molar-refractivity contribution in [1.82, 2.24) is 4.90 Å². The van der Waals surface area contributed by atoms with Gasteiger partial charge in [-0.2, -0.15) is 5.26 Å². The van der Waals surface area contributed by atoms with Crippen LogP contribution in [0.5, 0.6) is 0 Å². The molecule has 5 nitrogen and oxygen atoms in total. The molecule has 0 aliphatic rings. The summed E-state index contributed by atoms with van der Waals surface area (Å²) in [7, 11) is 1.70. The van der Waals surface area contributed by atoms with Crippen LogP contribution in [-0.4, -0.2) is 46.8 Å². The van der Waals surface area contributed by atoms with Gasteiger partial charge in [0.25, 0.3) is 0 Å². The average Bonchev–Trinajstić information content (AvgIpc) is 2.25. The van der Waals surface area contributed by atoms with Crippen molar-refractivity contribution >= 4 is 5.91 Å². The predicted molar refractivity (Wildman–Crippen MR) is 64.0 cm³/mol. The number of carbonyl (C=O) groups excluding carboxylic acids is 1. The van der Waals surface area contributed by atoms with Crippen LogP contribution in [0.3, 0.4) is 0 Å². The van der Waals surface area contributed by atoms with Crippen molar-refractivity contribution in [3.8, 4) is 6.07 Å². The maximum Gasteiger partial charge on any atom is 0.224 e. The largest absolute Gasteiger partial charge is 0.392 e. The maximum absolute atomic E-state index is 11.6. The molecule has 5 heteroatoms. The number of hydrogen-bond acceptors (Lipinski definition) is 4. The third kappa shape index (κ3) is 7.72. The second kappa shape index (κ2) is 8.97. The van der Waals surface area contributed by atoms with Crippen LogP contribution in [0.15, 0.2) is 0 Å². The first kappa shape index (κ1) is 15.9. The van der Waals surface area contributed by atoms with Gasteiger partial charge in [-0.15, -0.1) is 0 Å². The van der Waals surface area contributed by atoms with Gasteiger partial charge in [0.1, 0.15) is 0 Å². The molecule has 17 heavy (non-hydrogen) atoms. The second-order valence-corrected chi connectivity index (χ2v) is 4.28. The summed E-state index contributed by atoms with van der Waals surface area (Å²) in [5.41, 5.74) is 0. The lowest BCUT2D eigenvalue weighted by molar-refractivity contribution is -0.132. The summed E-state index contributed by atoms with van der Waals surface area (Å²) in [4.78, 5) is 13.2. The first-order valence-electron chi connectivity index (χ1n) is 5.98. The molecular formula is C12H22N2O3. The smallest absolute Gasteiger partial charge is 0.224 e. The van der Waals surface area contributed by atoms with Gasteiger partial charge in [-0.1, -0.05) is 13.3 Å². The third-order valence-corrected chi connectivity index (χ3v) is 2.55. The van der Waals surface area contributed by atoms with Gasteiger partial charge in [0, 0.05) is 20.0 Å². The van der Waals surface area contributed by atoms with Crippen LogP contribution < -0.4 is 0 Å². The molecule has 0 aliphatic heterocycles. The number of hydrogen-bond donors (Lipinski definition) is 2. The molecule has 0 radical (unpaired) electrons. The van der Waals surface area contributed by atoms with E-state index in [9.17, 15) is 15.0 Å². The minimum atomic E-state index is -0.880. The number of nitrogens with zero attached hydrogens (tertiary/aromatic N) is 2. The molecule has 0 saturated heterocycles. The summed E-state index contributed by atoms with van der Waals surface area (Å²) in [5, 5.41) is 27.2. The van der Waals surface area contributed by atoms with Crippen LogP contribution in [0.4, 0.5) is 0 Å². The van der Waals surface area contributed by atoms with Crippen LogP contribution in [-0.2, 0) is 4.79 Å². The van der Waals surface area contributed by atoms with Crippen molar-refractivity contribution in [1.29, 1.82) is 5.26 Å². The van der Waals surface area contributed by atoms with Crippen LogP contribution in [0.2, 0.25) is 0 Å². The van der Waals surface area contributed by atoms with Gasteiger partial charge >= 0.3 is 0 Å². The zero-order valence-electron chi connectivity index (χ0n) is 10.6. The first-order valence-corrected chi connectivity index (χ1v) is 5.98. The lowest BCUT2D eigenvalue weighted by atomic mass is 10.1. The highest BCUT2D eigenvalue weighted by Gasteiger charge is 2.17. The molecule has 0 aliphatic carbocycles. The van der Waals surface area contributed by atoms with E-state index in [1.807, 2.05) is 13.0 Å². The fraction of sp³-hybridized carbons (Fsp3) is 0.833. The normalized spacial score (nSPS) is 13.8. The minimum Gasteiger partial charge on any atom is -0.392 e. The summed E-state index contributed by atoms with van der Waals surface area (Å²) in [5.74, 6) is -0.130. The highest BCUT2D eigenvalue weighted by atomic mass is 16.3. The molecule has 0 spiro atoms. The average molecular weight is 242 g/mol. The molecule has 0 aromatic heterocycles. The molecule has 0 aromatic rings. The Bertz CT molecular complexity index is 263. The molecule has 0 heterocycles. The fourth-order valence-corrected chi connectivity index (χ4v) is 1.46. The Kier molecular flexibility index (Phi) is 8.38. The standard InChI is InChI=1S/C12H22N2O3/c1-3-4-7-14(2)12(17)9-11(16)8-10(15)5-6-13/h10-11,15-16H,3-5,7-9H2,1-2H3. The van der Waals surface area contributed by atoms with Gasteiger partial charge in [0.2, 0.25) is 5.91 Å². The molecule has 0 saturated carbocycles. The number of aliphatic hydroxyl groups is 2. The minimum absolute atomic E-state index is 0.00268. The molecule has 1 amide bonds. The third-order valence-electron chi connectivity index (χ3n) is 2.55. The summed E-state index contributed by atoms with van der Waals surface area (Å²) in [6.45, 7) is 2.73. The van der Waals surface area contributed by atoms with Crippen LogP contribution in [0, 0.1) is 11.3 Å². The van der Waals surface area contributed by atoms with Crippen LogP contribution >= 0.6 is 0 Å². The zero-order chi connectivity index (χ0) is 13.3. The molecule has 2 unspecified atom stereocenters. The number of carbonyl (C=O) groups is 1. The Morgan fingerprint density at radius 3 is 2.59 bits per heavy atom. The monoisotopic (exact) mass is 242 g/mol. The fourth-order valence-electron chi connectivity index (χ4n) is 1.46. The summed E-state index contributed by atoms with van der Waals surface area (Å²) in [6, 6.07) is 1.82. The van der Waals surface area contributed by atoms with Gasteiger partial charge in [0.05, 0.1) is 31.1 Å². The van der Waals surface area contributed by atoms with Gasteiger partial charge in [-0.3, -0.25) is 4.79 Å². The highest BCUT2D eigenvalue weighted by Crippen LogP contribution is 2.07. The molecular weight excluding hydrogens is 220 g/mol. The van der Waals surface area contributed by atoms with E-state index in [0.717, 1.165) is 12.8 Å². The van der Waals surface area contributed by atoms with Crippen molar-refractivity contribution in [3.63, 3.8) is 0 Å². The zero-order valence-corrected chi connectivity index (χ0v) is 10.6. The molecule has 2 N–H and O–H groups in total. The van der Waals surface area contributed by atoms with E-state index < -0.39 is 12.2 Å². The Morgan fingerprint density at radius 1 is 1.41 bits per heavy atom. The van der Waals surface area contributed by atoms with E-state index in [1.165, 1.54) is 0 Å². The predicted octanol–water partition coefficient (Wildman–Crippen LogP) is 0.661. The molecule has 98 valence electrons. The number of rotatable bonds is 8. The quantitative estimate of drug-likeness (QED) is 0.655. The Hall–Kier alpha value is -1.12. The van der Waals surface area contributed by atoms with E-state index in [1.54, 1.807) is 11.9 Å². The molecule has 0 fully saturated rings. The molecule has 2 atom stereocenters. The Balaban J connectivity index is 3.90.